The van der Waals surface area contributed by atoms with Gasteiger partial charge in [-0.25, -0.2) is 0 Å². The molecule has 2 atom stereocenters. The maximum Gasteiger partial charge on any atom is 0.315 e. The number of benzene rings is 1. The summed E-state index contributed by atoms with van der Waals surface area (Å²) in [5.74, 6) is -1.31. The third kappa shape index (κ3) is 3.26. The molecule has 2 unspecified atom stereocenters. The van der Waals surface area contributed by atoms with Crippen molar-refractivity contribution in [2.45, 2.75) is 32.9 Å². The van der Waals surface area contributed by atoms with Crippen molar-refractivity contribution in [1.29, 1.82) is 0 Å². The lowest BCUT2D eigenvalue weighted by Gasteiger charge is -2.13. The minimum atomic E-state index is -1.15. The smallest absolute Gasteiger partial charge is 0.315 e. The van der Waals surface area contributed by atoms with Crippen LogP contribution in [0.4, 0.5) is 0 Å². The van der Waals surface area contributed by atoms with Gasteiger partial charge in [-0.1, -0.05) is 0 Å². The van der Waals surface area contributed by atoms with E-state index in [9.17, 15) is 9.59 Å². The number of methoxy groups -OCH3 is 1. The van der Waals surface area contributed by atoms with Crippen molar-refractivity contribution in [2.75, 3.05) is 7.11 Å². The Morgan fingerprint density at radius 1 is 1.52 bits per heavy atom. The molecule has 1 heterocycles. The Morgan fingerprint density at radius 2 is 2.24 bits per heavy atom. The van der Waals surface area contributed by atoms with Crippen LogP contribution in [0.2, 0.25) is 0 Å². The van der Waals surface area contributed by atoms with Gasteiger partial charge in [0.25, 0.3) is 0 Å². The highest BCUT2D eigenvalue weighted by Gasteiger charge is 2.23. The minimum absolute atomic E-state index is 0.126. The van der Waals surface area contributed by atoms with Crippen LogP contribution in [0.25, 0.3) is 0 Å². The van der Waals surface area contributed by atoms with Gasteiger partial charge in [0.05, 0.1) is 7.11 Å². The average Bonchev–Trinajstić information content (AvgIpc) is 2.81. The number of hydrogen-bond donors (Lipinski definition) is 2. The molecular weight excluding hydrogens is 274 g/mol. The van der Waals surface area contributed by atoms with Crippen LogP contribution in [0, 0.1) is 5.92 Å². The first-order valence-corrected chi connectivity index (χ1v) is 6.79. The Balaban J connectivity index is 2.12. The third-order valence-corrected chi connectivity index (χ3v) is 3.52. The zero-order valence-electron chi connectivity index (χ0n) is 12.3. The number of ether oxygens (including phenoxy) is 2. The molecular formula is C15H19NO5. The lowest BCUT2D eigenvalue weighted by atomic mass is 10.1. The molecule has 0 fully saturated rings. The second-order valence-corrected chi connectivity index (χ2v) is 5.18. The van der Waals surface area contributed by atoms with Crippen molar-refractivity contribution >= 4 is 11.9 Å². The van der Waals surface area contributed by atoms with Crippen molar-refractivity contribution in [3.05, 3.63) is 23.3 Å². The second-order valence-electron chi connectivity index (χ2n) is 5.18. The van der Waals surface area contributed by atoms with E-state index in [0.717, 1.165) is 23.3 Å². The molecule has 1 aromatic carbocycles. The molecule has 1 aromatic rings. The molecule has 1 amide bonds. The zero-order valence-corrected chi connectivity index (χ0v) is 12.3. The summed E-state index contributed by atoms with van der Waals surface area (Å²) in [6, 6.07) is 3.74. The van der Waals surface area contributed by atoms with Gasteiger partial charge >= 0.3 is 5.97 Å². The molecule has 1 aliphatic rings. The number of carbonyl (C=O) groups is 2. The number of carbonyl (C=O) groups excluding carboxylic acids is 1. The van der Waals surface area contributed by atoms with Gasteiger partial charge in [-0.05, 0) is 26.0 Å². The Bertz CT molecular complexity index is 569. The largest absolute Gasteiger partial charge is 0.496 e. The highest BCUT2D eigenvalue weighted by molar-refractivity contribution is 5.96. The standard InChI is InChI=1S/C15H19NO5/c1-8-4-10-5-12(20-3)11(6-13(10)21-8)7-16-14(17)9(2)15(18)19/h5-6,8-9H,4,7H2,1-3H3,(H,16,17)(H,18,19). The first kappa shape index (κ1) is 15.2. The quantitative estimate of drug-likeness (QED) is 0.801. The summed E-state index contributed by atoms with van der Waals surface area (Å²) >= 11 is 0. The Labute approximate surface area is 123 Å². The number of rotatable bonds is 5. The lowest BCUT2D eigenvalue weighted by Crippen LogP contribution is -2.33. The van der Waals surface area contributed by atoms with E-state index in [1.54, 1.807) is 7.11 Å². The van der Waals surface area contributed by atoms with Gasteiger partial charge in [-0.3, -0.25) is 9.59 Å². The monoisotopic (exact) mass is 293 g/mol. The molecule has 114 valence electrons. The molecule has 6 heteroatoms. The molecule has 1 aliphatic heterocycles. The maximum atomic E-state index is 11.7. The number of nitrogens with one attached hydrogen (secondary N) is 1. The normalized spacial score (nSPS) is 17.6. The predicted octanol–water partition coefficient (Wildman–Crippen LogP) is 1.36. The van der Waals surface area contributed by atoms with Crippen LogP contribution in [0.1, 0.15) is 25.0 Å². The van der Waals surface area contributed by atoms with Gasteiger partial charge in [0.1, 0.15) is 23.5 Å². The summed E-state index contributed by atoms with van der Waals surface area (Å²) < 4.78 is 11.0. The lowest BCUT2D eigenvalue weighted by molar-refractivity contribution is -0.146. The number of amides is 1. The van der Waals surface area contributed by atoms with E-state index in [1.165, 1.54) is 6.92 Å². The van der Waals surface area contributed by atoms with E-state index in [1.807, 2.05) is 19.1 Å². The molecule has 0 saturated heterocycles. The van der Waals surface area contributed by atoms with Crippen LogP contribution < -0.4 is 14.8 Å². The molecule has 6 nitrogen and oxygen atoms in total. The van der Waals surface area contributed by atoms with Gasteiger partial charge in [0, 0.05) is 24.1 Å². The first-order valence-electron chi connectivity index (χ1n) is 6.79. The van der Waals surface area contributed by atoms with E-state index in [4.69, 9.17) is 14.6 Å². The molecule has 0 bridgehead atoms. The molecule has 0 radical (unpaired) electrons. The summed E-state index contributed by atoms with van der Waals surface area (Å²) in [6.07, 6.45) is 0.954. The van der Waals surface area contributed by atoms with E-state index in [0.29, 0.717) is 5.75 Å². The number of carboxylic acids is 1. The number of carboxylic acid groups (broad SMARTS) is 1. The highest BCUT2D eigenvalue weighted by atomic mass is 16.5. The fraction of sp³-hybridized carbons (Fsp3) is 0.467. The Morgan fingerprint density at radius 3 is 2.86 bits per heavy atom. The van der Waals surface area contributed by atoms with E-state index in [-0.39, 0.29) is 12.6 Å². The first-order chi connectivity index (χ1) is 9.92. The SMILES string of the molecule is COc1cc2c(cc1CNC(=O)C(C)C(=O)O)OC(C)C2. The minimum Gasteiger partial charge on any atom is -0.496 e. The molecule has 0 aromatic heterocycles. The number of hydrogen-bond acceptors (Lipinski definition) is 4. The van der Waals surface area contributed by atoms with Gasteiger partial charge < -0.3 is 19.9 Å². The molecule has 21 heavy (non-hydrogen) atoms. The van der Waals surface area contributed by atoms with Crippen LogP contribution in [0.3, 0.4) is 0 Å². The van der Waals surface area contributed by atoms with Crippen LogP contribution >= 0.6 is 0 Å². The number of fused-ring (bicyclic) bond motifs is 1. The maximum absolute atomic E-state index is 11.7. The summed E-state index contributed by atoms with van der Waals surface area (Å²) in [7, 11) is 1.56. The fourth-order valence-electron chi connectivity index (χ4n) is 2.26. The van der Waals surface area contributed by atoms with Gasteiger partial charge in [0.15, 0.2) is 0 Å². The molecule has 2 rings (SSSR count). The molecule has 0 spiro atoms. The van der Waals surface area contributed by atoms with Crippen molar-refractivity contribution in [3.8, 4) is 11.5 Å². The van der Waals surface area contributed by atoms with Gasteiger partial charge in [-0.15, -0.1) is 0 Å². The highest BCUT2D eigenvalue weighted by Crippen LogP contribution is 2.34. The third-order valence-electron chi connectivity index (χ3n) is 3.52. The van der Waals surface area contributed by atoms with E-state index >= 15 is 0 Å². The topological polar surface area (TPSA) is 84.9 Å². The van der Waals surface area contributed by atoms with E-state index in [2.05, 4.69) is 5.32 Å². The summed E-state index contributed by atoms with van der Waals surface area (Å²) in [6.45, 7) is 3.54. The summed E-state index contributed by atoms with van der Waals surface area (Å²) in [5.41, 5.74) is 1.84. The zero-order chi connectivity index (χ0) is 15.6. The van der Waals surface area contributed by atoms with Crippen molar-refractivity contribution in [1.82, 2.24) is 5.32 Å². The van der Waals surface area contributed by atoms with Gasteiger partial charge in [0.2, 0.25) is 5.91 Å². The average molecular weight is 293 g/mol. The molecule has 0 aliphatic carbocycles. The van der Waals surface area contributed by atoms with Crippen LogP contribution in [0.5, 0.6) is 11.5 Å². The predicted molar refractivity (Wildman–Crippen MR) is 75.4 cm³/mol. The fourth-order valence-corrected chi connectivity index (χ4v) is 2.26. The molecule has 2 N–H and O–H groups in total. The van der Waals surface area contributed by atoms with Crippen LogP contribution in [0.15, 0.2) is 12.1 Å². The Hall–Kier alpha value is -2.24. The summed E-state index contributed by atoms with van der Waals surface area (Å²) in [5, 5.41) is 11.4. The van der Waals surface area contributed by atoms with Crippen LogP contribution in [-0.4, -0.2) is 30.2 Å². The number of aliphatic carboxylic acids is 1. The van der Waals surface area contributed by atoms with Gasteiger partial charge in [-0.2, -0.15) is 0 Å². The molecule has 0 saturated carbocycles. The van der Waals surface area contributed by atoms with E-state index < -0.39 is 17.8 Å². The van der Waals surface area contributed by atoms with Crippen LogP contribution in [-0.2, 0) is 22.6 Å². The van der Waals surface area contributed by atoms with Crippen molar-refractivity contribution < 1.29 is 24.2 Å². The van der Waals surface area contributed by atoms with Crippen molar-refractivity contribution in [3.63, 3.8) is 0 Å². The Kier molecular flexibility index (Phi) is 4.35. The van der Waals surface area contributed by atoms with Crippen molar-refractivity contribution in [2.24, 2.45) is 5.92 Å². The second kappa shape index (κ2) is 6.03. The summed E-state index contributed by atoms with van der Waals surface area (Å²) in [4.78, 5) is 22.4.